The van der Waals surface area contributed by atoms with Gasteiger partial charge in [-0.1, -0.05) is 18.2 Å². The lowest BCUT2D eigenvalue weighted by Gasteiger charge is -1.94. The van der Waals surface area contributed by atoms with Gasteiger partial charge < -0.3 is 0 Å². The molecule has 0 amide bonds. The van der Waals surface area contributed by atoms with E-state index in [1.54, 1.807) is 0 Å². The largest absolute Gasteiger partial charge is 0.205 e. The summed E-state index contributed by atoms with van der Waals surface area (Å²) >= 11 is 2.25. The standard InChI is InChI=1S/C8H7IN2/c9-8-4-2-1-3-7(8)5-6-11-10/h1-6,10H/b6-5-,11-10?. The summed E-state index contributed by atoms with van der Waals surface area (Å²) in [7, 11) is 0. The molecule has 3 heteroatoms. The van der Waals surface area contributed by atoms with Crippen molar-refractivity contribution in [1.82, 2.24) is 0 Å². The molecule has 0 saturated heterocycles. The van der Waals surface area contributed by atoms with Crippen LogP contribution in [0.4, 0.5) is 0 Å². The van der Waals surface area contributed by atoms with Gasteiger partial charge in [0.1, 0.15) is 0 Å². The molecule has 0 saturated carbocycles. The number of nitrogens with zero attached hydrogens (tertiary/aromatic N) is 1. The minimum atomic E-state index is 1.10. The monoisotopic (exact) mass is 258 g/mol. The predicted molar refractivity (Wildman–Crippen MR) is 53.3 cm³/mol. The first-order chi connectivity index (χ1) is 5.34. The number of hydrogen-bond donors (Lipinski definition) is 1. The molecule has 1 rings (SSSR count). The van der Waals surface area contributed by atoms with Crippen molar-refractivity contribution in [1.29, 1.82) is 5.53 Å². The van der Waals surface area contributed by atoms with Crippen LogP contribution in [0.1, 0.15) is 5.56 Å². The third-order valence-electron chi connectivity index (χ3n) is 1.23. The van der Waals surface area contributed by atoms with Crippen LogP contribution in [0.2, 0.25) is 0 Å². The zero-order valence-corrected chi connectivity index (χ0v) is 7.95. The fourth-order valence-electron chi connectivity index (χ4n) is 0.728. The second kappa shape index (κ2) is 4.23. The molecule has 0 aliphatic rings. The predicted octanol–water partition coefficient (Wildman–Crippen LogP) is 3.29. The zero-order valence-electron chi connectivity index (χ0n) is 5.79. The van der Waals surface area contributed by atoms with Gasteiger partial charge in [0.15, 0.2) is 0 Å². The topological polar surface area (TPSA) is 36.2 Å². The first-order valence-electron chi connectivity index (χ1n) is 3.12. The molecule has 1 aromatic carbocycles. The van der Waals surface area contributed by atoms with Gasteiger partial charge in [-0.2, -0.15) is 5.11 Å². The van der Waals surface area contributed by atoms with Crippen molar-refractivity contribution in [3.8, 4) is 0 Å². The summed E-state index contributed by atoms with van der Waals surface area (Å²) in [5.41, 5.74) is 7.66. The molecule has 0 unspecified atom stereocenters. The average molecular weight is 258 g/mol. The van der Waals surface area contributed by atoms with Crippen LogP contribution in [-0.2, 0) is 0 Å². The Morgan fingerprint density at radius 3 is 2.73 bits per heavy atom. The van der Waals surface area contributed by atoms with Gasteiger partial charge in [-0.05, 0) is 40.3 Å². The van der Waals surface area contributed by atoms with E-state index in [9.17, 15) is 0 Å². The summed E-state index contributed by atoms with van der Waals surface area (Å²) in [6.45, 7) is 0. The molecule has 0 radical (unpaired) electrons. The molecule has 2 nitrogen and oxygen atoms in total. The van der Waals surface area contributed by atoms with E-state index in [4.69, 9.17) is 5.53 Å². The molecular formula is C8H7IN2. The van der Waals surface area contributed by atoms with E-state index in [1.165, 1.54) is 9.77 Å². The number of rotatable bonds is 2. The van der Waals surface area contributed by atoms with Gasteiger partial charge in [-0.15, -0.1) is 0 Å². The van der Waals surface area contributed by atoms with E-state index in [0.29, 0.717) is 0 Å². The first-order valence-corrected chi connectivity index (χ1v) is 4.20. The van der Waals surface area contributed by atoms with Gasteiger partial charge in [-0.3, -0.25) is 0 Å². The Bertz CT molecular complexity index is 281. The van der Waals surface area contributed by atoms with Crippen molar-refractivity contribution in [2.45, 2.75) is 0 Å². The van der Waals surface area contributed by atoms with Crippen LogP contribution in [0.5, 0.6) is 0 Å². The second-order valence-electron chi connectivity index (χ2n) is 1.97. The average Bonchev–Trinajstić information content (AvgIpc) is 2.03. The highest BCUT2D eigenvalue weighted by Crippen LogP contribution is 2.12. The second-order valence-corrected chi connectivity index (χ2v) is 3.13. The lowest BCUT2D eigenvalue weighted by atomic mass is 10.2. The molecule has 0 atom stereocenters. The molecule has 1 aromatic rings. The van der Waals surface area contributed by atoms with Crippen molar-refractivity contribution < 1.29 is 0 Å². The van der Waals surface area contributed by atoms with E-state index in [0.717, 1.165) is 5.56 Å². The van der Waals surface area contributed by atoms with Crippen LogP contribution < -0.4 is 0 Å². The fourth-order valence-corrected chi connectivity index (χ4v) is 1.30. The van der Waals surface area contributed by atoms with E-state index in [1.807, 2.05) is 30.3 Å². The van der Waals surface area contributed by atoms with E-state index >= 15 is 0 Å². The van der Waals surface area contributed by atoms with Crippen LogP contribution >= 0.6 is 22.6 Å². The molecule has 0 fully saturated rings. The van der Waals surface area contributed by atoms with Gasteiger partial charge in [0, 0.05) is 9.77 Å². The van der Waals surface area contributed by atoms with Gasteiger partial charge in [0.05, 0.1) is 0 Å². The molecule has 0 aromatic heterocycles. The first kappa shape index (κ1) is 8.39. The number of nitrogens with one attached hydrogen (secondary N) is 1. The Hall–Kier alpha value is -0.710. The summed E-state index contributed by atoms with van der Waals surface area (Å²) < 4.78 is 1.17. The minimum absolute atomic E-state index is 1.10. The fraction of sp³-hybridized carbons (Fsp3) is 0. The lowest BCUT2D eigenvalue weighted by Crippen LogP contribution is -1.75. The van der Waals surface area contributed by atoms with E-state index < -0.39 is 0 Å². The Morgan fingerprint density at radius 1 is 1.36 bits per heavy atom. The number of halogens is 1. The van der Waals surface area contributed by atoms with Crippen molar-refractivity contribution in [3.63, 3.8) is 0 Å². The molecule has 11 heavy (non-hydrogen) atoms. The molecule has 1 N–H and O–H groups in total. The Kier molecular flexibility index (Phi) is 3.22. The summed E-state index contributed by atoms with van der Waals surface area (Å²) in [5, 5.41) is 3.14. The van der Waals surface area contributed by atoms with Crippen LogP contribution in [0, 0.1) is 9.10 Å². The molecule has 0 aliphatic carbocycles. The Morgan fingerprint density at radius 2 is 2.09 bits per heavy atom. The van der Waals surface area contributed by atoms with Crippen molar-refractivity contribution in [3.05, 3.63) is 39.6 Å². The highest BCUT2D eigenvalue weighted by molar-refractivity contribution is 14.1. The maximum absolute atomic E-state index is 6.56. The van der Waals surface area contributed by atoms with Crippen LogP contribution in [0.3, 0.4) is 0 Å². The normalized spacial score (nSPS) is 10.3. The SMILES string of the molecule is N=N/C=C\c1ccccc1I. The third kappa shape index (κ3) is 2.42. The van der Waals surface area contributed by atoms with Crippen molar-refractivity contribution >= 4 is 28.7 Å². The van der Waals surface area contributed by atoms with Crippen molar-refractivity contribution in [2.75, 3.05) is 0 Å². The highest BCUT2D eigenvalue weighted by atomic mass is 127. The van der Waals surface area contributed by atoms with Crippen molar-refractivity contribution in [2.24, 2.45) is 5.11 Å². The lowest BCUT2D eigenvalue weighted by molar-refractivity contribution is 1.15. The molecule has 56 valence electrons. The maximum Gasteiger partial charge on any atom is 0.0495 e. The molecule has 0 bridgehead atoms. The Balaban J connectivity index is 2.94. The molecule has 0 spiro atoms. The highest BCUT2D eigenvalue weighted by Gasteiger charge is 1.90. The third-order valence-corrected chi connectivity index (χ3v) is 2.22. The summed E-state index contributed by atoms with van der Waals surface area (Å²) in [4.78, 5) is 0. The van der Waals surface area contributed by atoms with Gasteiger partial charge in [0.2, 0.25) is 0 Å². The molecular weight excluding hydrogens is 251 g/mol. The maximum atomic E-state index is 6.56. The zero-order chi connectivity index (χ0) is 8.10. The number of benzene rings is 1. The van der Waals surface area contributed by atoms with Crippen LogP contribution in [0.25, 0.3) is 6.08 Å². The Labute approximate surface area is 79.0 Å². The summed E-state index contributed by atoms with van der Waals surface area (Å²) in [6.07, 6.45) is 3.28. The van der Waals surface area contributed by atoms with Gasteiger partial charge in [-0.25, -0.2) is 5.53 Å². The van der Waals surface area contributed by atoms with E-state index in [-0.39, 0.29) is 0 Å². The quantitative estimate of drug-likeness (QED) is 0.624. The summed E-state index contributed by atoms with van der Waals surface area (Å²) in [5.74, 6) is 0. The number of hydrogen-bond acceptors (Lipinski definition) is 2. The van der Waals surface area contributed by atoms with Gasteiger partial charge >= 0.3 is 0 Å². The minimum Gasteiger partial charge on any atom is -0.205 e. The smallest absolute Gasteiger partial charge is 0.0495 e. The van der Waals surface area contributed by atoms with Crippen LogP contribution in [0.15, 0.2) is 35.6 Å². The van der Waals surface area contributed by atoms with Crippen LogP contribution in [-0.4, -0.2) is 0 Å². The van der Waals surface area contributed by atoms with Gasteiger partial charge in [0.25, 0.3) is 0 Å². The molecule has 0 heterocycles. The van der Waals surface area contributed by atoms with E-state index in [2.05, 4.69) is 27.7 Å². The molecule has 0 aliphatic heterocycles. The summed E-state index contributed by atoms with van der Waals surface area (Å²) in [6, 6.07) is 7.95.